The minimum Gasteiger partial charge on any atom is -0.508 e. The molecule has 29 heavy (non-hydrogen) atoms. The van der Waals surface area contributed by atoms with Crippen LogP contribution >= 0.6 is 0 Å². The molecule has 0 saturated carbocycles. The molecule has 2 heterocycles. The third kappa shape index (κ3) is 4.10. The van der Waals surface area contributed by atoms with Crippen LogP contribution in [-0.2, 0) is 22.6 Å². The third-order valence-corrected chi connectivity index (χ3v) is 5.66. The highest BCUT2D eigenvalue weighted by Gasteiger charge is 2.46. The van der Waals surface area contributed by atoms with Crippen molar-refractivity contribution in [2.45, 2.75) is 44.4 Å². The number of amides is 2. The van der Waals surface area contributed by atoms with E-state index in [0.717, 1.165) is 11.1 Å². The molecule has 0 unspecified atom stereocenters. The first-order valence-electron chi connectivity index (χ1n) is 9.78. The molecule has 0 spiro atoms. The quantitative estimate of drug-likeness (QED) is 0.717. The first-order valence-corrected chi connectivity index (χ1v) is 9.78. The summed E-state index contributed by atoms with van der Waals surface area (Å²) in [4.78, 5) is 27.1. The summed E-state index contributed by atoms with van der Waals surface area (Å²) in [5, 5.41) is 15.5. The smallest absolute Gasteiger partial charge is 0.246 e. The molecule has 3 atom stereocenters. The van der Waals surface area contributed by atoms with Gasteiger partial charge in [-0.2, -0.15) is 0 Å². The van der Waals surface area contributed by atoms with Gasteiger partial charge in [-0.1, -0.05) is 29.8 Å². The Hall–Kier alpha value is -2.93. The number of rotatable bonds is 5. The number of phenolic OH excluding ortho intramolecular Hbond substituents is 1. The maximum Gasteiger partial charge on any atom is 0.246 e. The van der Waals surface area contributed by atoms with Crippen LogP contribution < -0.4 is 10.6 Å². The standard InChI is InChI=1S/C22H24FN3O3/c1-13-2-7-18(23)15(8-13)11-24-16-10-20-21(28)25-19(22(29)26(20)12-16)9-14-3-5-17(27)6-4-14/h2-8,16,19-20,24,27H,9-12H2,1H3,(H,25,28)/t16-,19-,20-/m0/s1. The number of hydrogen-bond acceptors (Lipinski definition) is 4. The van der Waals surface area contributed by atoms with E-state index >= 15 is 0 Å². The SMILES string of the molecule is Cc1ccc(F)c(CN[C@H]2C[C@H]3C(=O)N[C@@H](Cc4ccc(O)cc4)C(=O)N3C2)c1. The van der Waals surface area contributed by atoms with Crippen LogP contribution in [-0.4, -0.2) is 46.5 Å². The van der Waals surface area contributed by atoms with E-state index in [1.807, 2.05) is 6.92 Å². The number of halogens is 1. The Morgan fingerprint density at radius 3 is 2.72 bits per heavy atom. The van der Waals surface area contributed by atoms with E-state index in [-0.39, 0.29) is 29.4 Å². The summed E-state index contributed by atoms with van der Waals surface area (Å²) in [5.41, 5.74) is 2.43. The second-order valence-electron chi connectivity index (χ2n) is 7.85. The van der Waals surface area contributed by atoms with Crippen LogP contribution in [0.15, 0.2) is 42.5 Å². The van der Waals surface area contributed by atoms with Crippen LogP contribution in [0.4, 0.5) is 4.39 Å². The van der Waals surface area contributed by atoms with E-state index in [4.69, 9.17) is 0 Å². The molecule has 2 saturated heterocycles. The molecule has 2 aliphatic heterocycles. The highest BCUT2D eigenvalue weighted by molar-refractivity contribution is 5.97. The van der Waals surface area contributed by atoms with E-state index in [1.54, 1.807) is 41.3 Å². The molecule has 2 aromatic rings. The molecule has 2 aromatic carbocycles. The maximum atomic E-state index is 14.0. The Bertz CT molecular complexity index is 931. The van der Waals surface area contributed by atoms with E-state index in [0.29, 0.717) is 31.5 Å². The Kier molecular flexibility index (Phi) is 5.24. The lowest BCUT2D eigenvalue weighted by Gasteiger charge is -2.34. The lowest BCUT2D eigenvalue weighted by molar-refractivity contribution is -0.147. The predicted molar refractivity (Wildman–Crippen MR) is 106 cm³/mol. The number of carbonyl (C=O) groups is 2. The molecule has 0 bridgehead atoms. The number of nitrogens with zero attached hydrogens (tertiary/aromatic N) is 1. The lowest BCUT2D eigenvalue weighted by atomic mass is 10.0. The molecule has 4 rings (SSSR count). The largest absolute Gasteiger partial charge is 0.508 e. The van der Waals surface area contributed by atoms with Gasteiger partial charge in [0.05, 0.1) is 0 Å². The van der Waals surface area contributed by atoms with Crippen LogP contribution in [0, 0.1) is 12.7 Å². The van der Waals surface area contributed by atoms with Gasteiger partial charge in [-0.15, -0.1) is 0 Å². The Morgan fingerprint density at radius 2 is 1.97 bits per heavy atom. The minimum absolute atomic E-state index is 0.0676. The number of piperazine rings is 1. The van der Waals surface area contributed by atoms with Crippen LogP contribution in [0.1, 0.15) is 23.1 Å². The average molecular weight is 397 g/mol. The highest BCUT2D eigenvalue weighted by atomic mass is 19.1. The second kappa shape index (κ2) is 7.83. The number of aryl methyl sites for hydroxylation is 1. The molecule has 2 amide bonds. The van der Waals surface area contributed by atoms with Gasteiger partial charge in [0.15, 0.2) is 0 Å². The minimum atomic E-state index is -0.615. The predicted octanol–water partition coefficient (Wildman–Crippen LogP) is 1.64. The topological polar surface area (TPSA) is 81.7 Å². The Labute approximate surface area is 168 Å². The van der Waals surface area contributed by atoms with Crippen molar-refractivity contribution in [3.8, 4) is 5.75 Å². The number of carbonyl (C=O) groups excluding carboxylic acids is 2. The molecule has 0 radical (unpaired) electrons. The molecule has 0 aromatic heterocycles. The summed E-state index contributed by atoms with van der Waals surface area (Å²) in [6.07, 6.45) is 0.887. The van der Waals surface area contributed by atoms with Crippen LogP contribution in [0.25, 0.3) is 0 Å². The van der Waals surface area contributed by atoms with Gasteiger partial charge in [-0.3, -0.25) is 9.59 Å². The number of hydrogen-bond donors (Lipinski definition) is 3. The van der Waals surface area contributed by atoms with Crippen LogP contribution in [0.2, 0.25) is 0 Å². The number of aromatic hydroxyl groups is 1. The van der Waals surface area contributed by atoms with Gasteiger partial charge >= 0.3 is 0 Å². The van der Waals surface area contributed by atoms with Gasteiger partial charge in [-0.25, -0.2) is 4.39 Å². The molecule has 152 valence electrons. The van der Waals surface area contributed by atoms with E-state index in [2.05, 4.69) is 10.6 Å². The van der Waals surface area contributed by atoms with Crippen molar-refractivity contribution in [1.29, 1.82) is 0 Å². The zero-order valence-electron chi connectivity index (χ0n) is 16.2. The fourth-order valence-electron chi connectivity index (χ4n) is 4.11. The van der Waals surface area contributed by atoms with Crippen molar-refractivity contribution in [3.05, 3.63) is 65.0 Å². The van der Waals surface area contributed by atoms with Crippen LogP contribution in [0.3, 0.4) is 0 Å². The van der Waals surface area contributed by atoms with Gasteiger partial charge in [0.25, 0.3) is 0 Å². The van der Waals surface area contributed by atoms with E-state index < -0.39 is 12.1 Å². The summed E-state index contributed by atoms with van der Waals surface area (Å²) in [6.45, 7) is 2.69. The summed E-state index contributed by atoms with van der Waals surface area (Å²) in [5.74, 6) is -0.360. The number of phenols is 1. The van der Waals surface area contributed by atoms with Crippen molar-refractivity contribution in [1.82, 2.24) is 15.5 Å². The van der Waals surface area contributed by atoms with Gasteiger partial charge in [0.2, 0.25) is 11.8 Å². The first kappa shape index (κ1) is 19.4. The van der Waals surface area contributed by atoms with Crippen LogP contribution in [0.5, 0.6) is 5.75 Å². The molecular formula is C22H24FN3O3. The van der Waals surface area contributed by atoms with E-state index in [1.165, 1.54) is 6.07 Å². The third-order valence-electron chi connectivity index (χ3n) is 5.66. The molecule has 6 nitrogen and oxygen atoms in total. The Balaban J connectivity index is 1.40. The molecular weight excluding hydrogens is 373 g/mol. The average Bonchev–Trinajstić information content (AvgIpc) is 3.13. The molecule has 7 heteroatoms. The highest BCUT2D eigenvalue weighted by Crippen LogP contribution is 2.25. The van der Waals surface area contributed by atoms with Crippen molar-refractivity contribution < 1.29 is 19.1 Å². The number of benzene rings is 2. The normalized spacial score (nSPS) is 23.8. The zero-order chi connectivity index (χ0) is 20.5. The Morgan fingerprint density at radius 1 is 1.21 bits per heavy atom. The van der Waals surface area contributed by atoms with Gasteiger partial charge in [0.1, 0.15) is 23.7 Å². The van der Waals surface area contributed by atoms with Gasteiger partial charge < -0.3 is 20.6 Å². The second-order valence-corrected chi connectivity index (χ2v) is 7.85. The zero-order valence-corrected chi connectivity index (χ0v) is 16.2. The first-order chi connectivity index (χ1) is 13.9. The molecule has 2 aliphatic rings. The van der Waals surface area contributed by atoms with Gasteiger partial charge in [-0.05, 0) is 37.1 Å². The van der Waals surface area contributed by atoms with Crippen molar-refractivity contribution in [3.63, 3.8) is 0 Å². The van der Waals surface area contributed by atoms with Crippen molar-refractivity contribution in [2.24, 2.45) is 0 Å². The number of nitrogens with one attached hydrogen (secondary N) is 2. The molecule has 0 aliphatic carbocycles. The van der Waals surface area contributed by atoms with Crippen molar-refractivity contribution >= 4 is 11.8 Å². The fraction of sp³-hybridized carbons (Fsp3) is 0.364. The lowest BCUT2D eigenvalue weighted by Crippen LogP contribution is -2.61. The molecule has 2 fully saturated rings. The number of fused-ring (bicyclic) bond motifs is 1. The van der Waals surface area contributed by atoms with E-state index in [9.17, 15) is 19.1 Å². The fourth-order valence-corrected chi connectivity index (χ4v) is 4.11. The summed E-state index contributed by atoms with van der Waals surface area (Å²) in [6, 6.07) is 10.4. The summed E-state index contributed by atoms with van der Waals surface area (Å²) < 4.78 is 14.0. The monoisotopic (exact) mass is 397 g/mol. The van der Waals surface area contributed by atoms with Crippen molar-refractivity contribution in [2.75, 3.05) is 6.54 Å². The van der Waals surface area contributed by atoms with Gasteiger partial charge in [0, 0.05) is 31.1 Å². The molecule has 3 N–H and O–H groups in total. The summed E-state index contributed by atoms with van der Waals surface area (Å²) >= 11 is 0. The summed E-state index contributed by atoms with van der Waals surface area (Å²) in [7, 11) is 0. The maximum absolute atomic E-state index is 14.0.